The second-order valence-corrected chi connectivity index (χ2v) is 10.4. The summed E-state index contributed by atoms with van der Waals surface area (Å²) in [6.07, 6.45) is 0. The molecule has 0 aliphatic heterocycles. The number of nitrogens with two attached hydrogens (primary N) is 1. The first-order valence-corrected chi connectivity index (χ1v) is 15.1. The predicted octanol–water partition coefficient (Wildman–Crippen LogP) is 8.27. The van der Waals surface area contributed by atoms with E-state index >= 15 is 0 Å². The minimum Gasteiger partial charge on any atom is -0.398 e. The van der Waals surface area contributed by atoms with E-state index in [2.05, 4.69) is 59.2 Å². The number of rotatable bonds is 0. The number of anilines is 1. The van der Waals surface area contributed by atoms with Crippen molar-refractivity contribution in [2.45, 2.75) is 0 Å². The van der Waals surface area contributed by atoms with Crippen LogP contribution in [0.5, 0.6) is 0 Å². The summed E-state index contributed by atoms with van der Waals surface area (Å²) >= 11 is 0. The molecule has 6 aromatic carbocycles. The zero-order valence-corrected chi connectivity index (χ0v) is 25.5. The molecule has 216 valence electrons. The fourth-order valence-electron chi connectivity index (χ4n) is 4.61. The van der Waals surface area contributed by atoms with E-state index in [1.54, 1.807) is 0 Å². The Labute approximate surface area is 277 Å². The van der Waals surface area contributed by atoms with Gasteiger partial charge < -0.3 is 5.73 Å². The molecule has 0 heterocycles. The third-order valence-corrected chi connectivity index (χ3v) is 7.11. The van der Waals surface area contributed by atoms with Gasteiger partial charge in [0.15, 0.2) is 0 Å². The van der Waals surface area contributed by atoms with E-state index in [1.807, 2.05) is 152 Å². The fourth-order valence-corrected chi connectivity index (χ4v) is 4.61. The molecule has 0 radical (unpaired) electrons. The number of hydrogen-bond acceptors (Lipinski definition) is 1. The normalized spacial score (nSPS) is 9.36. The largest absolute Gasteiger partial charge is 0.398 e. The van der Waals surface area contributed by atoms with E-state index in [-0.39, 0.29) is 0 Å². The third kappa shape index (κ3) is 8.10. The molecule has 1 heteroatoms. The Morgan fingerprint density at radius 3 is 0.787 bits per heavy atom. The molecule has 0 atom stereocenters. The summed E-state index contributed by atoms with van der Waals surface area (Å²) in [5.41, 5.74) is 15.3. The molecule has 0 amide bonds. The monoisotopic (exact) mass is 593 g/mol. The first-order chi connectivity index (χ1) is 23.2. The second-order valence-electron chi connectivity index (χ2n) is 10.4. The summed E-state index contributed by atoms with van der Waals surface area (Å²) in [4.78, 5) is 0. The highest BCUT2D eigenvalue weighted by atomic mass is 14.5. The van der Waals surface area contributed by atoms with Crippen molar-refractivity contribution in [2.75, 3.05) is 5.73 Å². The molecular weight excluding hydrogens is 567 g/mol. The maximum Gasteiger partial charge on any atom is 0.0478 e. The lowest BCUT2D eigenvalue weighted by molar-refractivity contribution is 1.55. The van der Waals surface area contributed by atoms with Crippen LogP contribution in [-0.2, 0) is 0 Å². The summed E-state index contributed by atoms with van der Waals surface area (Å²) in [6, 6.07) is 49.2. The Morgan fingerprint density at radius 1 is 0.234 bits per heavy atom. The maximum absolute atomic E-state index is 6.08. The van der Waals surface area contributed by atoms with Gasteiger partial charge in [0.2, 0.25) is 0 Å². The lowest BCUT2D eigenvalue weighted by atomic mass is 10.0. The third-order valence-electron chi connectivity index (χ3n) is 7.11. The van der Waals surface area contributed by atoms with Gasteiger partial charge in [-0.1, -0.05) is 138 Å². The summed E-state index contributed by atoms with van der Waals surface area (Å²) in [5.74, 6) is 32.9. The first kappa shape index (κ1) is 30.0. The molecule has 6 rings (SSSR count). The van der Waals surface area contributed by atoms with Gasteiger partial charge in [0.1, 0.15) is 0 Å². The molecule has 1 nitrogen and oxygen atoms in total. The van der Waals surface area contributed by atoms with Crippen LogP contribution in [0.1, 0.15) is 55.6 Å². The van der Waals surface area contributed by atoms with Gasteiger partial charge in [-0.2, -0.15) is 0 Å². The minimum atomic E-state index is 0.654. The van der Waals surface area contributed by atoms with Crippen molar-refractivity contribution in [1.82, 2.24) is 0 Å². The van der Waals surface area contributed by atoms with Crippen LogP contribution in [0.2, 0.25) is 0 Å². The standard InChI is InChI=1S/C46H27N/c47-46-25-13-12-24-45(46)35-34-44-23-11-10-22-43(44)33-32-42-21-9-8-20-41(42)31-30-40-19-7-6-18-39(40)29-28-38-17-5-4-16-37(38)27-26-36-14-2-1-3-15-36/h1-25H,47H2. The van der Waals surface area contributed by atoms with Gasteiger partial charge >= 0.3 is 0 Å². The molecule has 0 aromatic heterocycles. The van der Waals surface area contributed by atoms with Gasteiger partial charge in [-0.05, 0) is 72.8 Å². The molecule has 0 aliphatic rings. The van der Waals surface area contributed by atoms with Crippen LogP contribution in [0.4, 0.5) is 5.69 Å². The summed E-state index contributed by atoms with van der Waals surface area (Å²) in [6.45, 7) is 0. The number of benzene rings is 6. The average Bonchev–Trinajstić information content (AvgIpc) is 3.13. The van der Waals surface area contributed by atoms with Gasteiger partial charge in [0.25, 0.3) is 0 Å². The molecule has 2 N–H and O–H groups in total. The Balaban J connectivity index is 1.27. The van der Waals surface area contributed by atoms with Gasteiger partial charge in [-0.3, -0.25) is 0 Å². The topological polar surface area (TPSA) is 26.0 Å². The van der Waals surface area contributed by atoms with E-state index in [4.69, 9.17) is 5.73 Å². The van der Waals surface area contributed by atoms with E-state index in [0.29, 0.717) is 5.69 Å². The van der Waals surface area contributed by atoms with Gasteiger partial charge in [-0.25, -0.2) is 0 Å². The van der Waals surface area contributed by atoms with Gasteiger partial charge in [0.05, 0.1) is 0 Å². The average molecular weight is 594 g/mol. The highest BCUT2D eigenvalue weighted by molar-refractivity contribution is 5.62. The Hall–Kier alpha value is -7.08. The zero-order valence-electron chi connectivity index (χ0n) is 25.5. The minimum absolute atomic E-state index is 0.654. The van der Waals surface area contributed by atoms with Crippen LogP contribution in [0.15, 0.2) is 152 Å². The Bertz CT molecular complexity index is 2390. The first-order valence-electron chi connectivity index (χ1n) is 15.1. The lowest BCUT2D eigenvalue weighted by Crippen LogP contribution is -1.89. The van der Waals surface area contributed by atoms with Crippen LogP contribution >= 0.6 is 0 Å². The van der Waals surface area contributed by atoms with E-state index in [0.717, 1.165) is 55.6 Å². The van der Waals surface area contributed by atoms with Crippen molar-refractivity contribution in [3.05, 3.63) is 207 Å². The van der Waals surface area contributed by atoms with E-state index in [1.165, 1.54) is 0 Å². The smallest absolute Gasteiger partial charge is 0.0478 e. The van der Waals surface area contributed by atoms with Crippen LogP contribution in [0.25, 0.3) is 0 Å². The molecule has 0 bridgehead atoms. The predicted molar refractivity (Wildman–Crippen MR) is 193 cm³/mol. The van der Waals surface area contributed by atoms with Gasteiger partial charge in [-0.15, -0.1) is 0 Å². The summed E-state index contributed by atoms with van der Waals surface area (Å²) < 4.78 is 0. The van der Waals surface area contributed by atoms with Crippen LogP contribution in [-0.4, -0.2) is 0 Å². The van der Waals surface area contributed by atoms with E-state index in [9.17, 15) is 0 Å². The highest BCUT2D eigenvalue weighted by Gasteiger charge is 2.01. The number of nitrogen functional groups attached to an aromatic ring is 1. The molecule has 0 spiro atoms. The van der Waals surface area contributed by atoms with Crippen molar-refractivity contribution in [1.29, 1.82) is 0 Å². The molecular formula is C46H27N. The van der Waals surface area contributed by atoms with Crippen LogP contribution in [0.3, 0.4) is 0 Å². The van der Waals surface area contributed by atoms with Crippen LogP contribution < -0.4 is 5.73 Å². The van der Waals surface area contributed by atoms with Gasteiger partial charge in [0, 0.05) is 61.3 Å². The van der Waals surface area contributed by atoms with Crippen LogP contribution in [0, 0.1) is 59.2 Å². The molecule has 0 fully saturated rings. The summed E-state index contributed by atoms with van der Waals surface area (Å²) in [7, 11) is 0. The Kier molecular flexibility index (Phi) is 9.61. The summed E-state index contributed by atoms with van der Waals surface area (Å²) in [5, 5.41) is 0. The SMILES string of the molecule is Nc1ccccc1C#Cc1ccccc1C#Cc1ccccc1C#Cc1ccccc1C#Cc1ccccc1C#Cc1ccccc1. The Morgan fingerprint density at radius 2 is 0.468 bits per heavy atom. The number of para-hydroxylation sites is 1. The molecule has 6 aromatic rings. The zero-order chi connectivity index (χ0) is 32.1. The molecule has 0 unspecified atom stereocenters. The fraction of sp³-hybridized carbons (Fsp3) is 0. The van der Waals surface area contributed by atoms with Crippen molar-refractivity contribution < 1.29 is 0 Å². The van der Waals surface area contributed by atoms with Crippen molar-refractivity contribution in [3.63, 3.8) is 0 Å². The highest BCUT2D eigenvalue weighted by Crippen LogP contribution is 2.13. The second kappa shape index (κ2) is 15.1. The number of hydrogen-bond donors (Lipinski definition) is 1. The molecule has 0 aliphatic carbocycles. The molecule has 0 saturated heterocycles. The van der Waals surface area contributed by atoms with Crippen molar-refractivity contribution >= 4 is 5.69 Å². The quantitative estimate of drug-likeness (QED) is 0.139. The van der Waals surface area contributed by atoms with Crippen molar-refractivity contribution in [3.8, 4) is 59.2 Å². The maximum atomic E-state index is 6.08. The van der Waals surface area contributed by atoms with E-state index < -0.39 is 0 Å². The van der Waals surface area contributed by atoms with Crippen molar-refractivity contribution in [2.24, 2.45) is 0 Å². The lowest BCUT2D eigenvalue weighted by Gasteiger charge is -1.99. The molecule has 47 heavy (non-hydrogen) atoms. The molecule has 0 saturated carbocycles.